The van der Waals surface area contributed by atoms with E-state index in [0.717, 1.165) is 47.9 Å². The summed E-state index contributed by atoms with van der Waals surface area (Å²) >= 11 is 0. The number of anilines is 2. The van der Waals surface area contributed by atoms with Crippen LogP contribution in [0.4, 0.5) is 11.4 Å². The Hall–Kier alpha value is -8.24. The molecular weight excluding hydrogens is 893 g/mol. The fraction of sp³-hybridized carbons (Fsp3) is 0.226. The number of aromatic nitrogens is 4. The van der Waals surface area contributed by atoms with Crippen LogP contribution in [0.1, 0.15) is 95.4 Å². The highest BCUT2D eigenvalue weighted by atomic mass is 16.4. The summed E-state index contributed by atoms with van der Waals surface area (Å²) in [4.78, 5) is 26.9. The molecule has 0 saturated heterocycles. The van der Waals surface area contributed by atoms with E-state index in [9.17, 15) is 9.59 Å². The average molecular weight is 955 g/mol. The first kappa shape index (κ1) is 48.8. The van der Waals surface area contributed by atoms with Gasteiger partial charge in [-0.3, -0.25) is 9.36 Å². The molecule has 10 heteroatoms. The number of carboxylic acids is 2. The quantitative estimate of drug-likeness (QED) is 0.116. The van der Waals surface area contributed by atoms with Gasteiger partial charge < -0.3 is 20.0 Å². The van der Waals surface area contributed by atoms with Crippen molar-refractivity contribution in [2.75, 3.05) is 9.80 Å². The Morgan fingerprint density at radius 3 is 1.22 bits per heavy atom. The summed E-state index contributed by atoms with van der Waals surface area (Å²) in [6.45, 7) is 8.95. The van der Waals surface area contributed by atoms with Crippen molar-refractivity contribution in [3.05, 3.63) is 226 Å². The third-order valence-corrected chi connectivity index (χ3v) is 14.1. The van der Waals surface area contributed by atoms with Gasteiger partial charge in [0.2, 0.25) is 0 Å². The van der Waals surface area contributed by atoms with Gasteiger partial charge in [0.15, 0.2) is 0 Å². The van der Waals surface area contributed by atoms with E-state index in [1.807, 2.05) is 60.1 Å². The minimum absolute atomic E-state index is 0.0525. The number of nitrogens with zero attached hydrogens (tertiary/aromatic N) is 6. The number of fused-ring (bicyclic) bond motifs is 2. The summed E-state index contributed by atoms with van der Waals surface area (Å²) < 4.78 is 3.67. The molecule has 10 nitrogen and oxygen atoms in total. The van der Waals surface area contributed by atoms with Crippen molar-refractivity contribution in [1.82, 2.24) is 19.6 Å². The summed E-state index contributed by atoms with van der Waals surface area (Å²) in [6, 6.07) is 48.6. The zero-order chi connectivity index (χ0) is 50.5. The van der Waals surface area contributed by atoms with Crippen LogP contribution in [0, 0.1) is 0 Å². The molecule has 0 fully saturated rings. The van der Waals surface area contributed by atoms with Gasteiger partial charge >= 0.3 is 11.9 Å². The molecule has 0 spiro atoms. The third-order valence-electron chi connectivity index (χ3n) is 14.1. The highest BCUT2D eigenvalue weighted by Gasteiger charge is 2.35. The highest BCUT2D eigenvalue weighted by molar-refractivity contribution is 5.86. The Morgan fingerprint density at radius 1 is 0.528 bits per heavy atom. The summed E-state index contributed by atoms with van der Waals surface area (Å²) in [5.41, 5.74) is 19.1. The predicted octanol–water partition coefficient (Wildman–Crippen LogP) is 12.6. The molecule has 0 unspecified atom stereocenters. The minimum Gasteiger partial charge on any atom is -0.478 e. The van der Waals surface area contributed by atoms with Gasteiger partial charge in [-0.05, 0) is 143 Å². The van der Waals surface area contributed by atoms with E-state index < -0.39 is 11.9 Å². The van der Waals surface area contributed by atoms with E-state index in [-0.39, 0.29) is 12.1 Å². The van der Waals surface area contributed by atoms with E-state index in [4.69, 9.17) is 10.2 Å². The van der Waals surface area contributed by atoms with Gasteiger partial charge in [0, 0.05) is 73.2 Å². The molecule has 72 heavy (non-hydrogen) atoms. The van der Waals surface area contributed by atoms with Crippen LogP contribution in [0.2, 0.25) is 0 Å². The topological polar surface area (TPSA) is 117 Å². The number of hydrogen-bond donors (Lipinski definition) is 2. The lowest BCUT2D eigenvalue weighted by molar-refractivity contribution is -0.132. The zero-order valence-electron chi connectivity index (χ0n) is 41.9. The second kappa shape index (κ2) is 21.4. The van der Waals surface area contributed by atoms with Crippen LogP contribution in [0.15, 0.2) is 170 Å². The van der Waals surface area contributed by atoms with E-state index in [0.29, 0.717) is 12.1 Å². The molecule has 4 atom stereocenters. The van der Waals surface area contributed by atoms with Crippen LogP contribution < -0.4 is 9.80 Å². The fourth-order valence-electron chi connectivity index (χ4n) is 10.4. The van der Waals surface area contributed by atoms with Crippen molar-refractivity contribution in [2.45, 2.75) is 77.5 Å². The Morgan fingerprint density at radius 2 is 0.903 bits per heavy atom. The number of rotatable bonds is 12. The van der Waals surface area contributed by atoms with E-state index >= 15 is 0 Å². The first-order chi connectivity index (χ1) is 34.8. The summed E-state index contributed by atoms with van der Waals surface area (Å²) in [5.74, 6) is -1.89. The van der Waals surface area contributed by atoms with Gasteiger partial charge in [-0.2, -0.15) is 10.2 Å². The number of aliphatic carboxylic acids is 2. The van der Waals surface area contributed by atoms with E-state index in [1.165, 1.54) is 79.2 Å². The molecule has 2 aliphatic rings. The standard InChI is InChI=1S/2C31H31N3O2/c2*1-4-22-7-13-28(14-8-22)34-21(2)17-26-18-25(27-19-32-33(3)20-27)12-15-29(26)31(34)24-10-5-23(6-11-24)9-16-30(35)36/h2*5-16,18-21,31H,4,17H2,1-3H3,(H,35,36)/b2*16-9+/t2*21-,31-/m10/s1. The second-order valence-corrected chi connectivity index (χ2v) is 19.1. The lowest BCUT2D eigenvalue weighted by Crippen LogP contribution is -2.42. The predicted molar refractivity (Wildman–Crippen MR) is 290 cm³/mol. The smallest absolute Gasteiger partial charge is 0.328 e. The molecule has 2 N–H and O–H groups in total. The second-order valence-electron chi connectivity index (χ2n) is 19.1. The van der Waals surface area contributed by atoms with Crippen molar-refractivity contribution in [3.63, 3.8) is 0 Å². The maximum atomic E-state index is 10.9. The van der Waals surface area contributed by atoms with Gasteiger partial charge in [0.25, 0.3) is 0 Å². The summed E-state index contributed by atoms with van der Waals surface area (Å²) in [5, 5.41) is 26.7. The summed E-state index contributed by atoms with van der Waals surface area (Å²) in [6.07, 6.45) is 17.5. The van der Waals surface area contributed by atoms with Gasteiger partial charge in [-0.25, -0.2) is 9.59 Å². The molecule has 0 amide bonds. The maximum absolute atomic E-state index is 10.9. The fourth-order valence-corrected chi connectivity index (χ4v) is 10.4. The van der Waals surface area contributed by atoms with Crippen LogP contribution in [-0.4, -0.2) is 53.8 Å². The third kappa shape index (κ3) is 10.7. The number of benzene rings is 6. The van der Waals surface area contributed by atoms with Crippen molar-refractivity contribution in [1.29, 1.82) is 0 Å². The molecule has 0 saturated carbocycles. The van der Waals surface area contributed by atoms with Gasteiger partial charge in [0.05, 0.1) is 24.5 Å². The molecule has 2 aromatic heterocycles. The van der Waals surface area contributed by atoms with E-state index in [2.05, 4.69) is 169 Å². The lowest BCUT2D eigenvalue weighted by Gasteiger charge is -2.44. The molecule has 4 heterocycles. The number of carboxylic acid groups (broad SMARTS) is 2. The number of aryl methyl sites for hydroxylation is 4. The first-order valence-corrected chi connectivity index (χ1v) is 24.9. The molecule has 364 valence electrons. The van der Waals surface area contributed by atoms with E-state index in [1.54, 1.807) is 12.2 Å². The molecule has 2 aliphatic heterocycles. The lowest BCUT2D eigenvalue weighted by atomic mass is 9.83. The Kier molecular flexibility index (Phi) is 14.5. The molecule has 0 radical (unpaired) electrons. The van der Waals surface area contributed by atoms with Crippen molar-refractivity contribution >= 4 is 35.5 Å². The first-order valence-electron chi connectivity index (χ1n) is 24.9. The van der Waals surface area contributed by atoms with Gasteiger partial charge in [-0.15, -0.1) is 0 Å². The SMILES string of the molecule is CCc1ccc(N2[C@@H](c3ccc(/C=C/C(=O)O)cc3)c3ccc(-c4cnn(C)c4)cc3C[C@@H]2C)cc1.CCc1ccc(N2[C@H](c3ccc(/C=C/C(=O)O)cc3)c3ccc(-c4cnn(C)c4)cc3C[C@H]2C)cc1. The summed E-state index contributed by atoms with van der Waals surface area (Å²) in [7, 11) is 3.88. The van der Waals surface area contributed by atoms with Crippen LogP contribution in [-0.2, 0) is 49.4 Å². The highest BCUT2D eigenvalue weighted by Crippen LogP contribution is 2.44. The largest absolute Gasteiger partial charge is 0.478 e. The molecule has 8 aromatic rings. The Labute approximate surface area is 422 Å². The van der Waals surface area contributed by atoms with Gasteiger partial charge in [-0.1, -0.05) is 123 Å². The normalized spacial score (nSPS) is 17.4. The van der Waals surface area contributed by atoms with Crippen molar-refractivity contribution < 1.29 is 19.8 Å². The minimum atomic E-state index is -0.944. The number of carbonyl (C=O) groups is 2. The molecular formula is C62H62N6O4. The zero-order valence-corrected chi connectivity index (χ0v) is 41.9. The Bertz CT molecular complexity index is 3020. The van der Waals surface area contributed by atoms with Crippen molar-refractivity contribution in [3.8, 4) is 22.3 Å². The van der Waals surface area contributed by atoms with Crippen molar-refractivity contribution in [2.24, 2.45) is 14.1 Å². The van der Waals surface area contributed by atoms with Gasteiger partial charge in [0.1, 0.15) is 0 Å². The monoisotopic (exact) mass is 954 g/mol. The van der Waals surface area contributed by atoms with Crippen LogP contribution in [0.5, 0.6) is 0 Å². The van der Waals surface area contributed by atoms with Crippen LogP contribution in [0.25, 0.3) is 34.4 Å². The van der Waals surface area contributed by atoms with Crippen LogP contribution >= 0.6 is 0 Å². The molecule has 6 aromatic carbocycles. The maximum Gasteiger partial charge on any atom is 0.328 e. The average Bonchev–Trinajstić information content (AvgIpc) is 4.04. The molecule has 0 aliphatic carbocycles. The Balaban J connectivity index is 0.000000178. The van der Waals surface area contributed by atoms with Crippen LogP contribution in [0.3, 0.4) is 0 Å². The molecule has 0 bridgehead atoms. The number of hydrogen-bond acceptors (Lipinski definition) is 6. The molecule has 10 rings (SSSR count).